The molecule has 2 atom stereocenters. The summed E-state index contributed by atoms with van der Waals surface area (Å²) in [5.74, 6) is 2.83. The molecule has 2 unspecified atom stereocenters. The zero-order chi connectivity index (χ0) is 10.9. The molecule has 1 aliphatic carbocycles. The van der Waals surface area contributed by atoms with E-state index < -0.39 is 5.60 Å². The average Bonchev–Trinajstić information content (AvgIpc) is 2.18. The lowest BCUT2D eigenvalue weighted by molar-refractivity contribution is -0.0649. The Labute approximate surface area is 97.0 Å². The Bertz CT molecular complexity index is 228. The molecule has 3 N–H and O–H groups in total. The van der Waals surface area contributed by atoms with Crippen molar-refractivity contribution in [1.29, 1.82) is 0 Å². The fourth-order valence-electron chi connectivity index (χ4n) is 3.22. The molecule has 0 aromatic rings. The lowest BCUT2D eigenvalue weighted by Crippen LogP contribution is -2.63. The zero-order valence-corrected chi connectivity index (χ0v) is 10.5. The van der Waals surface area contributed by atoms with Gasteiger partial charge in [0, 0.05) is 5.54 Å². The highest BCUT2D eigenvalue weighted by molar-refractivity contribution is 7.99. The first-order valence-electron chi connectivity index (χ1n) is 6.15. The van der Waals surface area contributed by atoms with Crippen molar-refractivity contribution < 1.29 is 5.11 Å². The lowest BCUT2D eigenvalue weighted by atomic mass is 9.65. The normalized spacial score (nSPS) is 41.4. The van der Waals surface area contributed by atoms with Crippen molar-refractivity contribution in [3.63, 3.8) is 0 Å². The molecule has 0 aromatic carbocycles. The summed E-state index contributed by atoms with van der Waals surface area (Å²) < 4.78 is 0. The van der Waals surface area contributed by atoms with Gasteiger partial charge >= 0.3 is 0 Å². The van der Waals surface area contributed by atoms with Crippen molar-refractivity contribution in [1.82, 2.24) is 0 Å². The van der Waals surface area contributed by atoms with E-state index in [1.807, 2.05) is 11.8 Å². The highest BCUT2D eigenvalue weighted by Crippen LogP contribution is 2.43. The fraction of sp³-hybridized carbons (Fsp3) is 1.00. The second kappa shape index (κ2) is 4.27. The second-order valence-corrected chi connectivity index (χ2v) is 6.73. The van der Waals surface area contributed by atoms with E-state index >= 15 is 0 Å². The molecular weight excluding hydrogens is 206 g/mol. The molecule has 1 saturated carbocycles. The Hall–Kier alpha value is 0.270. The van der Waals surface area contributed by atoms with Gasteiger partial charge in [0.15, 0.2) is 0 Å². The molecule has 0 spiro atoms. The molecule has 0 radical (unpaired) electrons. The van der Waals surface area contributed by atoms with Crippen LogP contribution < -0.4 is 5.73 Å². The molecule has 0 aromatic heterocycles. The topological polar surface area (TPSA) is 46.2 Å². The van der Waals surface area contributed by atoms with Crippen LogP contribution in [0.3, 0.4) is 0 Å². The van der Waals surface area contributed by atoms with Gasteiger partial charge in [-0.2, -0.15) is 11.8 Å². The molecule has 2 fully saturated rings. The third kappa shape index (κ3) is 2.20. The lowest BCUT2D eigenvalue weighted by Gasteiger charge is -2.50. The van der Waals surface area contributed by atoms with Crippen LogP contribution in [-0.4, -0.2) is 27.8 Å². The molecule has 2 aliphatic rings. The van der Waals surface area contributed by atoms with Gasteiger partial charge in [-0.1, -0.05) is 19.8 Å². The molecule has 0 amide bonds. The summed E-state index contributed by atoms with van der Waals surface area (Å²) in [6, 6.07) is 0. The first-order valence-corrected chi connectivity index (χ1v) is 7.30. The number of hydrogen-bond acceptors (Lipinski definition) is 3. The molecule has 1 heterocycles. The van der Waals surface area contributed by atoms with Crippen LogP contribution in [0.4, 0.5) is 0 Å². The molecule has 2 rings (SSSR count). The highest BCUT2D eigenvalue weighted by atomic mass is 32.2. The molecule has 1 saturated heterocycles. The Kier molecular flexibility index (Phi) is 3.34. The van der Waals surface area contributed by atoms with Gasteiger partial charge in [-0.05, 0) is 43.1 Å². The van der Waals surface area contributed by atoms with Gasteiger partial charge in [0.05, 0.1) is 5.60 Å². The third-order valence-electron chi connectivity index (χ3n) is 4.28. The minimum Gasteiger partial charge on any atom is -0.388 e. The van der Waals surface area contributed by atoms with E-state index in [0.29, 0.717) is 5.92 Å². The van der Waals surface area contributed by atoms with Crippen LogP contribution in [0.25, 0.3) is 0 Å². The van der Waals surface area contributed by atoms with Crippen LogP contribution >= 0.6 is 11.8 Å². The fourth-order valence-corrected chi connectivity index (χ4v) is 4.39. The van der Waals surface area contributed by atoms with Crippen molar-refractivity contribution in [2.75, 3.05) is 11.5 Å². The van der Waals surface area contributed by atoms with Gasteiger partial charge in [-0.3, -0.25) is 0 Å². The van der Waals surface area contributed by atoms with E-state index in [9.17, 15) is 5.11 Å². The van der Waals surface area contributed by atoms with Gasteiger partial charge in [0.25, 0.3) is 0 Å². The monoisotopic (exact) mass is 229 g/mol. The summed E-state index contributed by atoms with van der Waals surface area (Å²) in [5.41, 5.74) is 5.62. The summed E-state index contributed by atoms with van der Waals surface area (Å²) in [7, 11) is 0. The van der Waals surface area contributed by atoms with Crippen LogP contribution in [0.1, 0.15) is 45.4 Å². The summed E-state index contributed by atoms with van der Waals surface area (Å²) >= 11 is 1.95. The Balaban J connectivity index is 2.11. The van der Waals surface area contributed by atoms with E-state index in [0.717, 1.165) is 37.2 Å². The molecule has 15 heavy (non-hydrogen) atoms. The number of aliphatic hydroxyl groups is 1. The SMILES string of the molecule is CC1CCCC(N)(C2(O)CCSCC2)C1. The summed E-state index contributed by atoms with van der Waals surface area (Å²) in [5, 5.41) is 10.7. The molecule has 0 bridgehead atoms. The van der Waals surface area contributed by atoms with E-state index in [1.165, 1.54) is 12.8 Å². The minimum atomic E-state index is -0.576. The Morgan fingerprint density at radius 1 is 1.27 bits per heavy atom. The van der Waals surface area contributed by atoms with Crippen LogP contribution in [0.5, 0.6) is 0 Å². The van der Waals surface area contributed by atoms with Crippen molar-refractivity contribution in [2.24, 2.45) is 11.7 Å². The molecule has 2 nitrogen and oxygen atoms in total. The maximum absolute atomic E-state index is 10.7. The number of thioether (sulfide) groups is 1. The predicted molar refractivity (Wildman–Crippen MR) is 66.1 cm³/mol. The average molecular weight is 229 g/mol. The molecule has 3 heteroatoms. The van der Waals surface area contributed by atoms with E-state index in [2.05, 4.69) is 6.92 Å². The van der Waals surface area contributed by atoms with Gasteiger partial charge in [-0.15, -0.1) is 0 Å². The van der Waals surface area contributed by atoms with E-state index in [4.69, 9.17) is 5.73 Å². The maximum atomic E-state index is 10.7. The summed E-state index contributed by atoms with van der Waals surface area (Å²) in [6.07, 6.45) is 6.27. The third-order valence-corrected chi connectivity index (χ3v) is 5.26. The van der Waals surface area contributed by atoms with Crippen LogP contribution in [0, 0.1) is 5.92 Å². The first-order chi connectivity index (χ1) is 7.06. The standard InChI is InChI=1S/C12H23NOS/c1-10-3-2-4-11(13,9-10)12(14)5-7-15-8-6-12/h10,14H,2-9,13H2,1H3. The molecular formula is C12H23NOS. The summed E-state index contributed by atoms with van der Waals surface area (Å²) in [4.78, 5) is 0. The number of rotatable bonds is 1. The van der Waals surface area contributed by atoms with Gasteiger partial charge in [0.2, 0.25) is 0 Å². The predicted octanol–water partition coefficient (Wildman–Crippen LogP) is 2.15. The number of nitrogens with two attached hydrogens (primary N) is 1. The summed E-state index contributed by atoms with van der Waals surface area (Å²) in [6.45, 7) is 2.27. The second-order valence-electron chi connectivity index (χ2n) is 5.50. The quantitative estimate of drug-likeness (QED) is 0.724. The van der Waals surface area contributed by atoms with Crippen LogP contribution in [0.15, 0.2) is 0 Å². The zero-order valence-electron chi connectivity index (χ0n) is 9.67. The molecule has 1 aliphatic heterocycles. The van der Waals surface area contributed by atoms with E-state index in [1.54, 1.807) is 0 Å². The van der Waals surface area contributed by atoms with Crippen LogP contribution in [-0.2, 0) is 0 Å². The first kappa shape index (κ1) is 11.7. The number of hydrogen-bond donors (Lipinski definition) is 2. The van der Waals surface area contributed by atoms with Crippen molar-refractivity contribution in [2.45, 2.75) is 56.6 Å². The largest absolute Gasteiger partial charge is 0.388 e. The van der Waals surface area contributed by atoms with Crippen molar-refractivity contribution in [3.05, 3.63) is 0 Å². The van der Waals surface area contributed by atoms with Crippen molar-refractivity contribution in [3.8, 4) is 0 Å². The Morgan fingerprint density at radius 2 is 1.93 bits per heavy atom. The maximum Gasteiger partial charge on any atom is 0.0842 e. The van der Waals surface area contributed by atoms with Gasteiger partial charge < -0.3 is 10.8 Å². The highest BCUT2D eigenvalue weighted by Gasteiger charge is 2.49. The van der Waals surface area contributed by atoms with Gasteiger partial charge in [-0.25, -0.2) is 0 Å². The Morgan fingerprint density at radius 3 is 2.53 bits per heavy atom. The molecule has 88 valence electrons. The minimum absolute atomic E-state index is 0.300. The smallest absolute Gasteiger partial charge is 0.0842 e. The van der Waals surface area contributed by atoms with E-state index in [-0.39, 0.29) is 5.54 Å². The van der Waals surface area contributed by atoms with Gasteiger partial charge in [0.1, 0.15) is 0 Å². The van der Waals surface area contributed by atoms with Crippen molar-refractivity contribution >= 4 is 11.8 Å². The van der Waals surface area contributed by atoms with Crippen LogP contribution in [0.2, 0.25) is 0 Å².